The highest BCUT2D eigenvalue weighted by Crippen LogP contribution is 2.08. The van der Waals surface area contributed by atoms with Crippen molar-refractivity contribution in [2.75, 3.05) is 6.61 Å². The molecule has 1 aromatic rings. The lowest BCUT2D eigenvalue weighted by Crippen LogP contribution is -2.44. The quantitative estimate of drug-likeness (QED) is 0.631. The van der Waals surface area contributed by atoms with Crippen LogP contribution in [0.4, 0.5) is 0 Å². The first-order chi connectivity index (χ1) is 8.90. The van der Waals surface area contributed by atoms with E-state index < -0.39 is 0 Å². The molecule has 0 radical (unpaired) electrons. The first kappa shape index (κ1) is 15.3. The van der Waals surface area contributed by atoms with Crippen LogP contribution in [0.3, 0.4) is 0 Å². The number of nitrogens with one attached hydrogen (secondary N) is 1. The van der Waals surface area contributed by atoms with Crippen LogP contribution in [0.15, 0.2) is 23.3 Å². The predicted octanol–water partition coefficient (Wildman–Crippen LogP) is 2.07. The number of guanidine groups is 1. The highest BCUT2D eigenvalue weighted by atomic mass is 16.5. The van der Waals surface area contributed by atoms with Gasteiger partial charge in [0.25, 0.3) is 0 Å². The van der Waals surface area contributed by atoms with Crippen LogP contribution in [0.2, 0.25) is 0 Å². The Morgan fingerprint density at radius 3 is 2.68 bits per heavy atom. The molecule has 0 aliphatic rings. The Bertz CT molecular complexity index is 406. The van der Waals surface area contributed by atoms with Gasteiger partial charge in [0, 0.05) is 17.8 Å². The molecule has 0 saturated carbocycles. The van der Waals surface area contributed by atoms with E-state index in [1.165, 1.54) is 0 Å². The monoisotopic (exact) mass is 264 g/mol. The van der Waals surface area contributed by atoms with Crippen molar-refractivity contribution in [3.8, 4) is 5.88 Å². The number of aromatic nitrogens is 1. The normalized spacial score (nSPS) is 12.3. The molecule has 0 atom stereocenters. The molecule has 0 aliphatic carbocycles. The van der Waals surface area contributed by atoms with E-state index in [1.54, 1.807) is 6.20 Å². The number of rotatable bonds is 5. The smallest absolute Gasteiger partial charge is 0.213 e. The van der Waals surface area contributed by atoms with Gasteiger partial charge in [-0.25, -0.2) is 9.98 Å². The van der Waals surface area contributed by atoms with Gasteiger partial charge in [0.15, 0.2) is 5.96 Å². The average Bonchev–Trinajstić information content (AvgIpc) is 2.33. The molecule has 1 aromatic heterocycles. The highest BCUT2D eigenvalue weighted by molar-refractivity contribution is 5.78. The number of nitrogens with zero attached hydrogens (tertiary/aromatic N) is 2. The van der Waals surface area contributed by atoms with Crippen LogP contribution in [0.25, 0.3) is 0 Å². The molecule has 19 heavy (non-hydrogen) atoms. The lowest BCUT2D eigenvalue weighted by molar-refractivity contribution is 0.305. The van der Waals surface area contributed by atoms with Crippen LogP contribution < -0.4 is 15.8 Å². The van der Waals surface area contributed by atoms with E-state index >= 15 is 0 Å². The minimum Gasteiger partial charge on any atom is -0.478 e. The van der Waals surface area contributed by atoms with Crippen molar-refractivity contribution in [1.82, 2.24) is 10.3 Å². The fraction of sp³-hybridized carbons (Fsp3) is 0.571. The average molecular weight is 264 g/mol. The molecular weight excluding hydrogens is 240 g/mol. The third kappa shape index (κ3) is 6.64. The first-order valence-corrected chi connectivity index (χ1v) is 6.56. The van der Waals surface area contributed by atoms with Crippen LogP contribution in [-0.2, 0) is 6.54 Å². The summed E-state index contributed by atoms with van der Waals surface area (Å²) in [6.07, 6.45) is 2.74. The molecule has 0 spiro atoms. The third-order valence-corrected chi connectivity index (χ3v) is 2.19. The molecule has 1 heterocycles. The van der Waals surface area contributed by atoms with Crippen LogP contribution in [0.5, 0.6) is 5.88 Å². The van der Waals surface area contributed by atoms with E-state index in [2.05, 4.69) is 22.2 Å². The lowest BCUT2D eigenvalue weighted by atomic mass is 10.1. The molecule has 106 valence electrons. The van der Waals surface area contributed by atoms with Gasteiger partial charge in [0.1, 0.15) is 0 Å². The summed E-state index contributed by atoms with van der Waals surface area (Å²) in [7, 11) is 0. The zero-order valence-electron chi connectivity index (χ0n) is 12.2. The SMILES string of the molecule is CCCOc1ccc(CN=C(N)NC(C)(C)C)cn1. The van der Waals surface area contributed by atoms with Crippen molar-refractivity contribution in [1.29, 1.82) is 0 Å². The molecule has 0 aliphatic heterocycles. The predicted molar refractivity (Wildman–Crippen MR) is 78.2 cm³/mol. The fourth-order valence-corrected chi connectivity index (χ4v) is 1.40. The van der Waals surface area contributed by atoms with Gasteiger partial charge in [0.2, 0.25) is 5.88 Å². The van der Waals surface area contributed by atoms with Crippen molar-refractivity contribution in [2.45, 2.75) is 46.2 Å². The molecule has 1 rings (SSSR count). The topological polar surface area (TPSA) is 72.5 Å². The zero-order chi connectivity index (χ0) is 14.3. The number of ether oxygens (including phenoxy) is 1. The van der Waals surface area contributed by atoms with Gasteiger partial charge in [0.05, 0.1) is 13.2 Å². The van der Waals surface area contributed by atoms with Gasteiger partial charge < -0.3 is 15.8 Å². The van der Waals surface area contributed by atoms with E-state index in [4.69, 9.17) is 10.5 Å². The number of hydrogen-bond acceptors (Lipinski definition) is 3. The van der Waals surface area contributed by atoms with Crippen LogP contribution in [0, 0.1) is 0 Å². The Kier molecular flexibility index (Phi) is 5.60. The Hall–Kier alpha value is -1.78. The number of pyridine rings is 1. The standard InChI is InChI=1S/C14H24N4O/c1-5-8-19-12-7-6-11(9-16-12)10-17-13(15)18-14(2,3)4/h6-7,9H,5,8,10H2,1-4H3,(H3,15,17,18). The molecule has 0 unspecified atom stereocenters. The summed E-state index contributed by atoms with van der Waals surface area (Å²) in [4.78, 5) is 8.49. The Balaban J connectivity index is 2.51. The Morgan fingerprint density at radius 1 is 1.42 bits per heavy atom. The summed E-state index contributed by atoms with van der Waals surface area (Å²) in [5, 5.41) is 3.11. The van der Waals surface area contributed by atoms with Gasteiger partial charge in [-0.1, -0.05) is 13.0 Å². The van der Waals surface area contributed by atoms with Gasteiger partial charge >= 0.3 is 0 Å². The van der Waals surface area contributed by atoms with E-state index in [1.807, 2.05) is 32.9 Å². The minimum atomic E-state index is -0.0797. The molecule has 0 amide bonds. The second-order valence-corrected chi connectivity index (χ2v) is 5.43. The molecule has 0 saturated heterocycles. The number of nitrogens with two attached hydrogens (primary N) is 1. The molecule has 0 fully saturated rings. The molecule has 0 aromatic carbocycles. The molecule has 5 heteroatoms. The summed E-state index contributed by atoms with van der Waals surface area (Å²) in [6.45, 7) is 9.38. The first-order valence-electron chi connectivity index (χ1n) is 6.56. The van der Waals surface area contributed by atoms with Gasteiger partial charge in [-0.2, -0.15) is 0 Å². The number of aliphatic imine (C=N–C) groups is 1. The van der Waals surface area contributed by atoms with Crippen LogP contribution in [0.1, 0.15) is 39.7 Å². The summed E-state index contributed by atoms with van der Waals surface area (Å²) in [6, 6.07) is 3.81. The summed E-state index contributed by atoms with van der Waals surface area (Å²) < 4.78 is 5.42. The largest absolute Gasteiger partial charge is 0.478 e. The molecule has 3 N–H and O–H groups in total. The minimum absolute atomic E-state index is 0.0797. The molecule has 0 bridgehead atoms. The van der Waals surface area contributed by atoms with Crippen molar-refractivity contribution in [3.05, 3.63) is 23.9 Å². The summed E-state index contributed by atoms with van der Waals surface area (Å²) in [5.41, 5.74) is 6.72. The van der Waals surface area contributed by atoms with Gasteiger partial charge in [-0.15, -0.1) is 0 Å². The maximum Gasteiger partial charge on any atom is 0.213 e. The summed E-state index contributed by atoms with van der Waals surface area (Å²) in [5.74, 6) is 1.09. The Labute approximate surface area is 115 Å². The van der Waals surface area contributed by atoms with Gasteiger partial charge in [-0.3, -0.25) is 0 Å². The third-order valence-electron chi connectivity index (χ3n) is 2.19. The van der Waals surface area contributed by atoms with E-state index in [0.717, 1.165) is 12.0 Å². The summed E-state index contributed by atoms with van der Waals surface area (Å²) >= 11 is 0. The zero-order valence-corrected chi connectivity index (χ0v) is 12.2. The molecule has 5 nitrogen and oxygen atoms in total. The maximum atomic E-state index is 5.80. The molecular formula is C14H24N4O. The van der Waals surface area contributed by atoms with Crippen molar-refractivity contribution in [3.63, 3.8) is 0 Å². The van der Waals surface area contributed by atoms with E-state index in [0.29, 0.717) is 25.0 Å². The second-order valence-electron chi connectivity index (χ2n) is 5.43. The van der Waals surface area contributed by atoms with Crippen molar-refractivity contribution < 1.29 is 4.74 Å². The fourth-order valence-electron chi connectivity index (χ4n) is 1.40. The maximum absolute atomic E-state index is 5.80. The van der Waals surface area contributed by atoms with E-state index in [-0.39, 0.29) is 5.54 Å². The van der Waals surface area contributed by atoms with Crippen LogP contribution >= 0.6 is 0 Å². The van der Waals surface area contributed by atoms with Crippen molar-refractivity contribution in [2.24, 2.45) is 10.7 Å². The van der Waals surface area contributed by atoms with Crippen molar-refractivity contribution >= 4 is 5.96 Å². The second kappa shape index (κ2) is 6.97. The highest BCUT2D eigenvalue weighted by Gasteiger charge is 2.09. The van der Waals surface area contributed by atoms with Gasteiger partial charge in [-0.05, 0) is 32.8 Å². The van der Waals surface area contributed by atoms with E-state index in [9.17, 15) is 0 Å². The Morgan fingerprint density at radius 2 is 2.16 bits per heavy atom. The number of hydrogen-bond donors (Lipinski definition) is 2. The van der Waals surface area contributed by atoms with Crippen LogP contribution in [-0.4, -0.2) is 23.1 Å². The lowest BCUT2D eigenvalue weighted by Gasteiger charge is -2.20.